The lowest BCUT2D eigenvalue weighted by Gasteiger charge is -2.24. The molecule has 3 heteroatoms. The van der Waals surface area contributed by atoms with Gasteiger partial charge in [0.1, 0.15) is 18.4 Å². The van der Waals surface area contributed by atoms with E-state index in [0.717, 1.165) is 12.8 Å². The Morgan fingerprint density at radius 1 is 1.38 bits per heavy atom. The van der Waals surface area contributed by atoms with Crippen LogP contribution in [0.5, 0.6) is 0 Å². The maximum Gasteiger partial charge on any atom is 0.243 e. The van der Waals surface area contributed by atoms with E-state index in [1.165, 1.54) is 12.8 Å². The van der Waals surface area contributed by atoms with Gasteiger partial charge in [-0.1, -0.05) is 6.42 Å². The number of aliphatic hydroxyl groups is 1. The van der Waals surface area contributed by atoms with Gasteiger partial charge in [0.05, 0.1) is 13.2 Å². The molecule has 2 atom stereocenters. The Morgan fingerprint density at radius 3 is 2.77 bits per heavy atom. The number of hydrogen-bond acceptors (Lipinski definition) is 1. The van der Waals surface area contributed by atoms with Crippen molar-refractivity contribution < 1.29 is 9.67 Å². The molecule has 1 aliphatic rings. The fourth-order valence-electron chi connectivity index (χ4n) is 2.11. The van der Waals surface area contributed by atoms with Gasteiger partial charge in [-0.15, -0.1) is 0 Å². The predicted octanol–water partition coefficient (Wildman–Crippen LogP) is 0.789. The zero-order valence-corrected chi connectivity index (χ0v) is 8.06. The second kappa shape index (κ2) is 3.50. The molecule has 3 nitrogen and oxygen atoms in total. The minimum Gasteiger partial charge on any atom is -0.389 e. The van der Waals surface area contributed by atoms with E-state index in [1.807, 2.05) is 30.3 Å². The van der Waals surface area contributed by atoms with Crippen LogP contribution >= 0.6 is 0 Å². The molecule has 1 aromatic heterocycles. The third kappa shape index (κ3) is 1.75. The fourth-order valence-corrected chi connectivity index (χ4v) is 2.11. The number of aryl methyl sites for hydroxylation is 1. The van der Waals surface area contributed by atoms with Gasteiger partial charge in [-0.3, -0.25) is 0 Å². The Labute approximate surface area is 78.6 Å². The SMILES string of the molecule is C[n+]1ccn([C@H]2CCCC[C@@H]2O)c1. The first kappa shape index (κ1) is 8.75. The van der Waals surface area contributed by atoms with Crippen LogP contribution in [0.25, 0.3) is 0 Å². The number of aromatic nitrogens is 2. The molecular weight excluding hydrogens is 164 g/mol. The largest absolute Gasteiger partial charge is 0.389 e. The Balaban J connectivity index is 2.14. The summed E-state index contributed by atoms with van der Waals surface area (Å²) in [5, 5.41) is 9.80. The molecule has 0 saturated heterocycles. The molecule has 0 aliphatic heterocycles. The first-order valence-corrected chi connectivity index (χ1v) is 4.98. The highest BCUT2D eigenvalue weighted by Crippen LogP contribution is 2.27. The van der Waals surface area contributed by atoms with Gasteiger partial charge in [-0.2, -0.15) is 0 Å². The van der Waals surface area contributed by atoms with E-state index in [2.05, 4.69) is 4.57 Å². The summed E-state index contributed by atoms with van der Waals surface area (Å²) in [6.45, 7) is 0. The molecule has 1 fully saturated rings. The van der Waals surface area contributed by atoms with Crippen LogP contribution in [0, 0.1) is 0 Å². The van der Waals surface area contributed by atoms with Crippen molar-refractivity contribution in [3.63, 3.8) is 0 Å². The summed E-state index contributed by atoms with van der Waals surface area (Å²) in [6, 6.07) is 0.301. The summed E-state index contributed by atoms with van der Waals surface area (Å²) in [6.07, 6.45) is 10.4. The first-order valence-electron chi connectivity index (χ1n) is 4.98. The molecule has 0 bridgehead atoms. The van der Waals surface area contributed by atoms with Crippen LogP contribution in [-0.2, 0) is 7.05 Å². The summed E-state index contributed by atoms with van der Waals surface area (Å²) in [4.78, 5) is 0. The van der Waals surface area contributed by atoms with Crippen LogP contribution in [0.2, 0.25) is 0 Å². The van der Waals surface area contributed by atoms with Crippen LogP contribution in [-0.4, -0.2) is 15.8 Å². The molecular formula is C10H17N2O+. The predicted molar refractivity (Wildman–Crippen MR) is 49.1 cm³/mol. The summed E-state index contributed by atoms with van der Waals surface area (Å²) < 4.78 is 4.14. The second-order valence-electron chi connectivity index (χ2n) is 3.95. The van der Waals surface area contributed by atoms with Crippen LogP contribution in [0.3, 0.4) is 0 Å². The van der Waals surface area contributed by atoms with E-state index >= 15 is 0 Å². The van der Waals surface area contributed by atoms with Crippen molar-refractivity contribution in [1.82, 2.24) is 4.57 Å². The van der Waals surface area contributed by atoms with E-state index in [4.69, 9.17) is 0 Å². The lowest BCUT2D eigenvalue weighted by atomic mass is 9.92. The van der Waals surface area contributed by atoms with Crippen LogP contribution in [0.15, 0.2) is 18.7 Å². The maximum atomic E-state index is 9.80. The zero-order valence-electron chi connectivity index (χ0n) is 8.06. The molecule has 1 heterocycles. The first-order chi connectivity index (χ1) is 6.27. The van der Waals surface area contributed by atoms with E-state index in [1.54, 1.807) is 0 Å². The molecule has 1 aromatic rings. The van der Waals surface area contributed by atoms with Gasteiger partial charge in [-0.25, -0.2) is 9.13 Å². The molecule has 13 heavy (non-hydrogen) atoms. The average Bonchev–Trinajstić information content (AvgIpc) is 2.53. The quantitative estimate of drug-likeness (QED) is 0.638. The van der Waals surface area contributed by atoms with Crippen molar-refractivity contribution in [2.45, 2.75) is 37.8 Å². The minimum atomic E-state index is -0.152. The van der Waals surface area contributed by atoms with E-state index in [9.17, 15) is 5.11 Å². The Kier molecular flexibility index (Phi) is 2.36. The van der Waals surface area contributed by atoms with E-state index in [0.29, 0.717) is 6.04 Å². The van der Waals surface area contributed by atoms with Gasteiger partial charge in [0.25, 0.3) is 0 Å². The van der Waals surface area contributed by atoms with Gasteiger partial charge >= 0.3 is 0 Å². The number of imidazole rings is 1. The maximum absolute atomic E-state index is 9.80. The molecule has 1 saturated carbocycles. The number of aliphatic hydroxyl groups excluding tert-OH is 1. The zero-order chi connectivity index (χ0) is 9.26. The van der Waals surface area contributed by atoms with Gasteiger partial charge in [-0.05, 0) is 19.3 Å². The third-order valence-electron chi connectivity index (χ3n) is 2.87. The molecule has 0 spiro atoms. The lowest BCUT2D eigenvalue weighted by molar-refractivity contribution is -0.671. The van der Waals surface area contributed by atoms with Crippen molar-refractivity contribution in [1.29, 1.82) is 0 Å². The highest BCUT2D eigenvalue weighted by atomic mass is 16.3. The van der Waals surface area contributed by atoms with Crippen LogP contribution < -0.4 is 4.57 Å². The monoisotopic (exact) mass is 181 g/mol. The summed E-state index contributed by atoms with van der Waals surface area (Å²) in [5.74, 6) is 0. The molecule has 0 radical (unpaired) electrons. The molecule has 0 unspecified atom stereocenters. The van der Waals surface area contributed by atoms with Crippen LogP contribution in [0.1, 0.15) is 31.7 Å². The van der Waals surface area contributed by atoms with Gasteiger partial charge in [0.15, 0.2) is 0 Å². The molecule has 0 amide bonds. The standard InChI is InChI=1S/C10H17N2O/c1-11-6-7-12(8-11)9-4-2-3-5-10(9)13/h6-10,13H,2-5H2,1H3/q+1/t9-,10-/m0/s1. The highest BCUT2D eigenvalue weighted by Gasteiger charge is 2.27. The number of rotatable bonds is 1. The van der Waals surface area contributed by atoms with Gasteiger partial charge in [0.2, 0.25) is 6.33 Å². The molecule has 0 aromatic carbocycles. The van der Waals surface area contributed by atoms with Gasteiger partial charge in [0, 0.05) is 0 Å². The summed E-state index contributed by atoms with van der Waals surface area (Å²) >= 11 is 0. The smallest absolute Gasteiger partial charge is 0.243 e. The van der Waals surface area contributed by atoms with Crippen molar-refractivity contribution in [2.75, 3.05) is 0 Å². The van der Waals surface area contributed by atoms with Gasteiger partial charge < -0.3 is 5.11 Å². The van der Waals surface area contributed by atoms with Crippen molar-refractivity contribution in [2.24, 2.45) is 7.05 Å². The molecule has 1 N–H and O–H groups in total. The molecule has 2 rings (SSSR count). The Morgan fingerprint density at radius 2 is 2.15 bits per heavy atom. The fraction of sp³-hybridized carbons (Fsp3) is 0.700. The third-order valence-corrected chi connectivity index (χ3v) is 2.87. The second-order valence-corrected chi connectivity index (χ2v) is 3.95. The Hall–Kier alpha value is -0.830. The van der Waals surface area contributed by atoms with Crippen molar-refractivity contribution in [3.05, 3.63) is 18.7 Å². The van der Waals surface area contributed by atoms with E-state index in [-0.39, 0.29) is 6.10 Å². The Bertz CT molecular complexity index is 282. The lowest BCUT2D eigenvalue weighted by Crippen LogP contribution is -2.29. The van der Waals surface area contributed by atoms with E-state index < -0.39 is 0 Å². The topological polar surface area (TPSA) is 29.0 Å². The number of hydrogen-bond donors (Lipinski definition) is 1. The summed E-state index contributed by atoms with van der Waals surface area (Å²) in [7, 11) is 2.01. The van der Waals surface area contributed by atoms with Crippen molar-refractivity contribution >= 4 is 0 Å². The highest BCUT2D eigenvalue weighted by molar-refractivity contribution is 4.83. The molecule has 1 aliphatic carbocycles. The van der Waals surface area contributed by atoms with Crippen molar-refractivity contribution in [3.8, 4) is 0 Å². The normalized spacial score (nSPS) is 29.1. The van der Waals surface area contributed by atoms with Crippen LogP contribution in [0.4, 0.5) is 0 Å². The molecule has 72 valence electrons. The average molecular weight is 181 g/mol. The summed E-state index contributed by atoms with van der Waals surface area (Å²) in [5.41, 5.74) is 0. The number of nitrogens with zero attached hydrogens (tertiary/aromatic N) is 2. The minimum absolute atomic E-state index is 0.152.